The van der Waals surface area contributed by atoms with Gasteiger partial charge in [-0.2, -0.15) is 0 Å². The van der Waals surface area contributed by atoms with Crippen LogP contribution in [0.15, 0.2) is 18.2 Å². The molecule has 0 aliphatic rings. The number of hydrogen-bond donors (Lipinski definition) is 1. The van der Waals surface area contributed by atoms with Crippen molar-refractivity contribution >= 4 is 34.9 Å². The molecule has 0 aromatic heterocycles. The smallest absolute Gasteiger partial charge is 0.316 e. The number of hydrogen-bond acceptors (Lipinski definition) is 1. The lowest BCUT2D eigenvalue weighted by atomic mass is 10.3. The quantitative estimate of drug-likeness (QED) is 0.811. The Kier molecular flexibility index (Phi) is 4.48. The maximum atomic E-state index is 11.6. The Bertz CT molecular complexity index is 420. The average molecular weight is 257 g/mol. The number of carbonyl (C=O) groups excluding carboxylic acids is 1. The highest BCUT2D eigenvalue weighted by Gasteiger charge is 2.07. The third-order valence-electron chi connectivity index (χ3n) is 1.79. The van der Waals surface area contributed by atoms with Crippen molar-refractivity contribution < 1.29 is 4.79 Å². The largest absolute Gasteiger partial charge is 0.322 e. The standard InChI is InChI=1S/C11H10Cl2N2O/c1-3-4-15(2)11(16)14-10-6-8(12)5-9(13)7-10/h1,5-7H,4H2,2H3,(H,14,16). The lowest BCUT2D eigenvalue weighted by Gasteiger charge is -2.15. The van der Waals surface area contributed by atoms with Crippen LogP contribution in [0.1, 0.15) is 0 Å². The van der Waals surface area contributed by atoms with Crippen molar-refractivity contribution in [3.8, 4) is 12.3 Å². The molecule has 2 amide bonds. The number of amides is 2. The minimum absolute atomic E-state index is 0.236. The number of rotatable bonds is 2. The van der Waals surface area contributed by atoms with Crippen molar-refractivity contribution in [3.05, 3.63) is 28.2 Å². The van der Waals surface area contributed by atoms with Gasteiger partial charge in [-0.3, -0.25) is 0 Å². The van der Waals surface area contributed by atoms with Crippen LogP contribution in [0, 0.1) is 12.3 Å². The van der Waals surface area contributed by atoms with Crippen molar-refractivity contribution in [2.24, 2.45) is 0 Å². The molecule has 0 atom stereocenters. The summed E-state index contributed by atoms with van der Waals surface area (Å²) in [5.41, 5.74) is 0.534. The van der Waals surface area contributed by atoms with Crippen LogP contribution in [0.3, 0.4) is 0 Å². The molecular weight excluding hydrogens is 247 g/mol. The highest BCUT2D eigenvalue weighted by Crippen LogP contribution is 2.22. The Morgan fingerprint density at radius 2 is 2.00 bits per heavy atom. The van der Waals surface area contributed by atoms with E-state index in [2.05, 4.69) is 11.2 Å². The van der Waals surface area contributed by atoms with E-state index in [0.717, 1.165) is 0 Å². The van der Waals surface area contributed by atoms with E-state index < -0.39 is 0 Å². The van der Waals surface area contributed by atoms with Crippen LogP contribution >= 0.6 is 23.2 Å². The van der Waals surface area contributed by atoms with Crippen molar-refractivity contribution in [1.29, 1.82) is 0 Å². The number of anilines is 1. The number of halogens is 2. The second kappa shape index (κ2) is 5.64. The van der Waals surface area contributed by atoms with Crippen LogP contribution in [0.4, 0.5) is 10.5 Å². The van der Waals surface area contributed by atoms with Crippen molar-refractivity contribution in [1.82, 2.24) is 4.90 Å². The van der Waals surface area contributed by atoms with Gasteiger partial charge in [0.2, 0.25) is 0 Å². The summed E-state index contributed by atoms with van der Waals surface area (Å²) in [5, 5.41) is 3.55. The topological polar surface area (TPSA) is 32.3 Å². The first-order valence-corrected chi connectivity index (χ1v) is 5.20. The molecule has 5 heteroatoms. The molecule has 0 fully saturated rings. The average Bonchev–Trinajstić information content (AvgIpc) is 2.16. The Labute approximate surface area is 104 Å². The van der Waals surface area contributed by atoms with Gasteiger partial charge in [-0.05, 0) is 18.2 Å². The minimum Gasteiger partial charge on any atom is -0.316 e. The van der Waals surface area contributed by atoms with Crippen LogP contribution < -0.4 is 5.32 Å². The van der Waals surface area contributed by atoms with E-state index in [4.69, 9.17) is 29.6 Å². The van der Waals surface area contributed by atoms with Crippen LogP contribution in [-0.2, 0) is 0 Å². The fourth-order valence-corrected chi connectivity index (χ4v) is 1.58. The summed E-state index contributed by atoms with van der Waals surface area (Å²) in [5.74, 6) is 2.37. The summed E-state index contributed by atoms with van der Waals surface area (Å²) in [7, 11) is 1.60. The molecule has 1 rings (SSSR count). The number of urea groups is 1. The first kappa shape index (κ1) is 12.7. The second-order valence-electron chi connectivity index (χ2n) is 3.15. The molecule has 0 aliphatic carbocycles. The van der Waals surface area contributed by atoms with E-state index in [1.54, 1.807) is 25.2 Å². The third-order valence-corrected chi connectivity index (χ3v) is 2.23. The van der Waals surface area contributed by atoms with Gasteiger partial charge in [0.05, 0.1) is 6.54 Å². The van der Waals surface area contributed by atoms with E-state index in [1.807, 2.05) is 0 Å². The van der Waals surface area contributed by atoms with Gasteiger partial charge >= 0.3 is 6.03 Å². The number of benzene rings is 1. The zero-order valence-electron chi connectivity index (χ0n) is 8.63. The number of terminal acetylenes is 1. The van der Waals surface area contributed by atoms with Gasteiger partial charge in [-0.1, -0.05) is 29.1 Å². The molecule has 3 nitrogen and oxygen atoms in total. The van der Waals surface area contributed by atoms with E-state index in [0.29, 0.717) is 15.7 Å². The fourth-order valence-electron chi connectivity index (χ4n) is 1.05. The van der Waals surface area contributed by atoms with Gasteiger partial charge in [-0.15, -0.1) is 6.42 Å². The maximum absolute atomic E-state index is 11.6. The maximum Gasteiger partial charge on any atom is 0.322 e. The molecule has 0 heterocycles. The molecule has 0 aliphatic heterocycles. The van der Waals surface area contributed by atoms with Gasteiger partial charge in [0.25, 0.3) is 0 Å². The zero-order valence-corrected chi connectivity index (χ0v) is 10.1. The van der Waals surface area contributed by atoms with E-state index in [-0.39, 0.29) is 12.6 Å². The predicted molar refractivity (Wildman–Crippen MR) is 66.9 cm³/mol. The van der Waals surface area contributed by atoms with Crippen molar-refractivity contribution in [3.63, 3.8) is 0 Å². The number of carbonyl (C=O) groups is 1. The second-order valence-corrected chi connectivity index (χ2v) is 4.02. The highest BCUT2D eigenvalue weighted by atomic mass is 35.5. The lowest BCUT2D eigenvalue weighted by molar-refractivity contribution is 0.227. The molecule has 0 saturated carbocycles. The molecule has 0 unspecified atom stereocenters. The summed E-state index contributed by atoms with van der Waals surface area (Å²) in [6.45, 7) is 0.236. The van der Waals surface area contributed by atoms with Crippen molar-refractivity contribution in [2.45, 2.75) is 0 Å². The molecule has 84 valence electrons. The first-order valence-electron chi connectivity index (χ1n) is 4.44. The molecule has 1 aromatic carbocycles. The SMILES string of the molecule is C#CCN(C)C(=O)Nc1cc(Cl)cc(Cl)c1. The molecule has 1 N–H and O–H groups in total. The van der Waals surface area contributed by atoms with Crippen LogP contribution in [-0.4, -0.2) is 24.5 Å². The van der Waals surface area contributed by atoms with Gasteiger partial charge in [0.1, 0.15) is 0 Å². The van der Waals surface area contributed by atoms with Gasteiger partial charge in [0, 0.05) is 22.8 Å². The lowest BCUT2D eigenvalue weighted by Crippen LogP contribution is -2.31. The Morgan fingerprint density at radius 3 is 2.50 bits per heavy atom. The molecule has 16 heavy (non-hydrogen) atoms. The van der Waals surface area contributed by atoms with Gasteiger partial charge < -0.3 is 10.2 Å². The van der Waals surface area contributed by atoms with E-state index >= 15 is 0 Å². The first-order chi connectivity index (χ1) is 7.52. The van der Waals surface area contributed by atoms with E-state index in [9.17, 15) is 4.79 Å². The van der Waals surface area contributed by atoms with E-state index in [1.165, 1.54) is 4.90 Å². The summed E-state index contributed by atoms with van der Waals surface area (Å²) < 4.78 is 0. The number of nitrogens with one attached hydrogen (secondary N) is 1. The summed E-state index contributed by atoms with van der Waals surface area (Å²) in [6.07, 6.45) is 5.09. The van der Waals surface area contributed by atoms with Crippen LogP contribution in [0.2, 0.25) is 10.0 Å². The highest BCUT2D eigenvalue weighted by molar-refractivity contribution is 6.35. The fraction of sp³-hybridized carbons (Fsp3) is 0.182. The molecular formula is C11H10Cl2N2O. The van der Waals surface area contributed by atoms with Gasteiger partial charge in [-0.25, -0.2) is 4.79 Å². The zero-order chi connectivity index (χ0) is 12.1. The normalized spacial score (nSPS) is 9.38. The minimum atomic E-state index is -0.309. The Balaban J connectivity index is 2.73. The molecule has 0 spiro atoms. The predicted octanol–water partition coefficient (Wildman–Crippen LogP) is 3.09. The number of nitrogens with zero attached hydrogens (tertiary/aromatic N) is 1. The summed E-state index contributed by atoms with van der Waals surface area (Å²) in [4.78, 5) is 12.9. The van der Waals surface area contributed by atoms with Crippen LogP contribution in [0.25, 0.3) is 0 Å². The van der Waals surface area contributed by atoms with Gasteiger partial charge in [0.15, 0.2) is 0 Å². The van der Waals surface area contributed by atoms with Crippen molar-refractivity contribution in [2.75, 3.05) is 18.9 Å². The molecule has 0 bridgehead atoms. The molecule has 0 radical (unpaired) electrons. The monoisotopic (exact) mass is 256 g/mol. The Morgan fingerprint density at radius 1 is 1.44 bits per heavy atom. The van der Waals surface area contributed by atoms with Crippen LogP contribution in [0.5, 0.6) is 0 Å². The Hall–Kier alpha value is -1.37. The molecule has 0 saturated heterocycles. The molecule has 1 aromatic rings. The third kappa shape index (κ3) is 3.65. The summed E-state index contributed by atoms with van der Waals surface area (Å²) >= 11 is 11.6. The summed E-state index contributed by atoms with van der Waals surface area (Å²) in [6, 6.07) is 4.49.